The first-order chi connectivity index (χ1) is 13.6. The summed E-state index contributed by atoms with van der Waals surface area (Å²) in [6.07, 6.45) is -15.4. The number of aliphatic hydroxyl groups is 7. The van der Waals surface area contributed by atoms with Crippen LogP contribution in [0.4, 0.5) is 0 Å². The van der Waals surface area contributed by atoms with E-state index in [9.17, 15) is 40.5 Å². The minimum atomic E-state index is -1.76. The van der Waals surface area contributed by atoms with Gasteiger partial charge in [-0.05, 0) is 6.42 Å². The number of ether oxygens (including phenoxy) is 4. The molecule has 0 amide bonds. The summed E-state index contributed by atoms with van der Waals surface area (Å²) >= 11 is 0. The van der Waals surface area contributed by atoms with Crippen molar-refractivity contribution in [2.24, 2.45) is 5.92 Å². The third-order valence-corrected chi connectivity index (χ3v) is 5.19. The molecule has 2 heterocycles. The molecule has 0 bridgehead atoms. The molecule has 7 N–H and O–H groups in total. The summed E-state index contributed by atoms with van der Waals surface area (Å²) in [6, 6.07) is 0. The maximum Gasteiger partial charge on any atom is 0.308 e. The molecule has 0 unspecified atom stereocenters. The zero-order valence-corrected chi connectivity index (χ0v) is 16.1. The van der Waals surface area contributed by atoms with Gasteiger partial charge in [0.2, 0.25) is 0 Å². The molecule has 170 valence electrons. The van der Waals surface area contributed by atoms with Gasteiger partial charge >= 0.3 is 5.97 Å². The molecule has 0 radical (unpaired) electrons. The summed E-state index contributed by atoms with van der Waals surface area (Å²) in [5.74, 6) is -0.914. The smallest absolute Gasteiger partial charge is 0.308 e. The summed E-state index contributed by atoms with van der Waals surface area (Å²) < 4.78 is 20.9. The van der Waals surface area contributed by atoms with Gasteiger partial charge in [-0.25, -0.2) is 0 Å². The molecular formula is C17H30O12. The van der Waals surface area contributed by atoms with E-state index in [2.05, 4.69) is 0 Å². The predicted octanol–water partition coefficient (Wildman–Crippen LogP) is -3.80. The second kappa shape index (κ2) is 10.4. The van der Waals surface area contributed by atoms with Crippen molar-refractivity contribution in [1.29, 1.82) is 0 Å². The maximum atomic E-state index is 11.8. The molecule has 0 aliphatic carbocycles. The second-order valence-electron chi connectivity index (χ2n) is 7.29. The van der Waals surface area contributed by atoms with E-state index in [-0.39, 0.29) is 5.92 Å². The third-order valence-electron chi connectivity index (χ3n) is 5.19. The van der Waals surface area contributed by atoms with Gasteiger partial charge in [-0.2, -0.15) is 0 Å². The summed E-state index contributed by atoms with van der Waals surface area (Å²) in [5.41, 5.74) is 0. The lowest BCUT2D eigenvalue weighted by atomic mass is 9.98. The van der Waals surface area contributed by atoms with Gasteiger partial charge in [-0.1, -0.05) is 13.8 Å². The predicted molar refractivity (Wildman–Crippen MR) is 91.9 cm³/mol. The molecular weight excluding hydrogens is 396 g/mol. The molecule has 12 heteroatoms. The molecule has 2 fully saturated rings. The molecule has 2 aliphatic rings. The Morgan fingerprint density at radius 1 is 0.862 bits per heavy atom. The zero-order chi connectivity index (χ0) is 21.9. The summed E-state index contributed by atoms with van der Waals surface area (Å²) in [4.78, 5) is 11.8. The van der Waals surface area contributed by atoms with Gasteiger partial charge in [-0.3, -0.25) is 4.79 Å². The normalized spacial score (nSPS) is 44.3. The number of aliphatic hydroxyl groups excluding tert-OH is 7. The minimum Gasteiger partial charge on any atom is -0.463 e. The summed E-state index contributed by atoms with van der Waals surface area (Å²) in [6.45, 7) is 2.34. The van der Waals surface area contributed by atoms with E-state index < -0.39 is 80.6 Å². The molecule has 0 aromatic rings. The van der Waals surface area contributed by atoms with Crippen molar-refractivity contribution in [1.82, 2.24) is 0 Å². The first-order valence-electron chi connectivity index (χ1n) is 9.44. The van der Waals surface area contributed by atoms with Crippen LogP contribution in [0.15, 0.2) is 0 Å². The largest absolute Gasteiger partial charge is 0.463 e. The average Bonchev–Trinajstić information content (AvgIpc) is 2.72. The van der Waals surface area contributed by atoms with Crippen LogP contribution in [0.3, 0.4) is 0 Å². The van der Waals surface area contributed by atoms with Gasteiger partial charge in [0, 0.05) is 0 Å². The maximum absolute atomic E-state index is 11.8. The topological polar surface area (TPSA) is 196 Å². The van der Waals surface area contributed by atoms with Crippen molar-refractivity contribution >= 4 is 5.97 Å². The van der Waals surface area contributed by atoms with Crippen LogP contribution in [-0.2, 0) is 23.7 Å². The van der Waals surface area contributed by atoms with Crippen molar-refractivity contribution in [2.45, 2.75) is 81.7 Å². The van der Waals surface area contributed by atoms with Crippen LogP contribution in [0.25, 0.3) is 0 Å². The molecule has 2 saturated heterocycles. The molecule has 2 aliphatic heterocycles. The molecule has 0 spiro atoms. The van der Waals surface area contributed by atoms with Crippen LogP contribution in [0.1, 0.15) is 20.3 Å². The third kappa shape index (κ3) is 5.41. The van der Waals surface area contributed by atoms with E-state index >= 15 is 0 Å². The van der Waals surface area contributed by atoms with Crippen molar-refractivity contribution in [3.63, 3.8) is 0 Å². The standard InChI is InChI=1S/C17H30O12/c1-3-6(2)15(25)26-5-8-10(20)12(22)14(24)17(28-8)29-16-13(23)11(21)9(19)7(4-18)27-16/h6-14,16-24H,3-5H2,1-2H3/t6-,7+,8+,9+,10+,11-,12-,13+,14+,16+,17+/m0/s1. The molecule has 11 atom stereocenters. The molecule has 29 heavy (non-hydrogen) atoms. The number of hydrogen-bond acceptors (Lipinski definition) is 12. The van der Waals surface area contributed by atoms with E-state index in [4.69, 9.17) is 18.9 Å². The van der Waals surface area contributed by atoms with Gasteiger partial charge in [0.1, 0.15) is 55.4 Å². The van der Waals surface area contributed by atoms with E-state index in [1.54, 1.807) is 13.8 Å². The quantitative estimate of drug-likeness (QED) is 0.196. The Bertz CT molecular complexity index is 531. The van der Waals surface area contributed by atoms with Crippen LogP contribution in [0, 0.1) is 5.92 Å². The van der Waals surface area contributed by atoms with Gasteiger partial charge in [0.15, 0.2) is 12.6 Å². The highest BCUT2D eigenvalue weighted by molar-refractivity contribution is 5.71. The Morgan fingerprint density at radius 3 is 1.83 bits per heavy atom. The van der Waals surface area contributed by atoms with Crippen LogP contribution in [0.5, 0.6) is 0 Å². The van der Waals surface area contributed by atoms with Gasteiger partial charge < -0.3 is 54.7 Å². The first-order valence-corrected chi connectivity index (χ1v) is 9.44. The molecule has 0 saturated carbocycles. The summed E-state index contributed by atoms with van der Waals surface area (Å²) in [5, 5.41) is 69.1. The lowest BCUT2D eigenvalue weighted by molar-refractivity contribution is -0.376. The van der Waals surface area contributed by atoms with E-state index in [1.165, 1.54) is 0 Å². The molecule has 0 aromatic heterocycles. The molecule has 0 aromatic carbocycles. The van der Waals surface area contributed by atoms with Crippen molar-refractivity contribution in [2.75, 3.05) is 13.2 Å². The molecule has 2 rings (SSSR count). The van der Waals surface area contributed by atoms with Crippen LogP contribution in [0.2, 0.25) is 0 Å². The van der Waals surface area contributed by atoms with Crippen LogP contribution < -0.4 is 0 Å². The lowest BCUT2D eigenvalue weighted by Crippen LogP contribution is -2.63. The van der Waals surface area contributed by atoms with Crippen LogP contribution in [-0.4, -0.2) is 116 Å². The zero-order valence-electron chi connectivity index (χ0n) is 16.1. The monoisotopic (exact) mass is 426 g/mol. The Hall–Kier alpha value is -0.930. The number of carbonyl (C=O) groups is 1. The fourth-order valence-corrected chi connectivity index (χ4v) is 2.95. The SMILES string of the molecule is CC[C@H](C)C(=O)OC[C@H]1O[C@H](O[C@H]2O[C@H](CO)[C@@H](O)[C@H](O)[C@H]2O)[C@H](O)[C@@H](O)[C@@H]1O. The fraction of sp³-hybridized carbons (Fsp3) is 0.941. The minimum absolute atomic E-state index is 0.382. The second-order valence-corrected chi connectivity index (χ2v) is 7.29. The van der Waals surface area contributed by atoms with Gasteiger partial charge in [0.25, 0.3) is 0 Å². The highest BCUT2D eigenvalue weighted by Gasteiger charge is 2.49. The van der Waals surface area contributed by atoms with Gasteiger partial charge in [0.05, 0.1) is 12.5 Å². The number of rotatable bonds is 7. The van der Waals surface area contributed by atoms with E-state index in [0.29, 0.717) is 6.42 Å². The average molecular weight is 426 g/mol. The Kier molecular flexibility index (Phi) is 8.72. The number of esters is 1. The summed E-state index contributed by atoms with van der Waals surface area (Å²) in [7, 11) is 0. The lowest BCUT2D eigenvalue weighted by Gasteiger charge is -2.44. The Balaban J connectivity index is 2.04. The van der Waals surface area contributed by atoms with Crippen molar-refractivity contribution in [3.8, 4) is 0 Å². The molecule has 12 nitrogen and oxygen atoms in total. The highest BCUT2D eigenvalue weighted by atomic mass is 16.8. The van der Waals surface area contributed by atoms with Gasteiger partial charge in [-0.15, -0.1) is 0 Å². The van der Waals surface area contributed by atoms with Crippen molar-refractivity contribution < 1.29 is 59.5 Å². The Labute approximate surface area is 167 Å². The van der Waals surface area contributed by atoms with E-state index in [0.717, 1.165) is 0 Å². The first kappa shape index (κ1) is 24.3. The van der Waals surface area contributed by atoms with E-state index in [1.807, 2.05) is 0 Å². The number of hydrogen-bond donors (Lipinski definition) is 7. The van der Waals surface area contributed by atoms with Crippen LogP contribution >= 0.6 is 0 Å². The fourth-order valence-electron chi connectivity index (χ4n) is 2.95. The Morgan fingerprint density at radius 2 is 1.34 bits per heavy atom. The highest BCUT2D eigenvalue weighted by Crippen LogP contribution is 2.28. The number of carbonyl (C=O) groups excluding carboxylic acids is 1. The van der Waals surface area contributed by atoms with Crippen molar-refractivity contribution in [3.05, 3.63) is 0 Å².